The van der Waals surface area contributed by atoms with Gasteiger partial charge in [-0.25, -0.2) is 0 Å². The molecule has 2 aromatic carbocycles. The van der Waals surface area contributed by atoms with Crippen molar-refractivity contribution in [1.82, 2.24) is 5.32 Å². The van der Waals surface area contributed by atoms with Gasteiger partial charge in [-0.05, 0) is 54.0 Å². The molecule has 1 amide bonds. The summed E-state index contributed by atoms with van der Waals surface area (Å²) in [6.45, 7) is 8.03. The van der Waals surface area contributed by atoms with Crippen molar-refractivity contribution in [2.75, 3.05) is 0 Å². The molecule has 1 aliphatic rings. The fourth-order valence-corrected chi connectivity index (χ4v) is 3.68. The third-order valence-corrected chi connectivity index (χ3v) is 5.10. The van der Waals surface area contributed by atoms with Crippen molar-refractivity contribution in [3.8, 4) is 0 Å². The maximum absolute atomic E-state index is 12.5. The van der Waals surface area contributed by atoms with E-state index in [1.165, 1.54) is 0 Å². The first-order valence-electron chi connectivity index (χ1n) is 9.98. The van der Waals surface area contributed by atoms with E-state index in [0.717, 1.165) is 28.7 Å². The summed E-state index contributed by atoms with van der Waals surface area (Å²) in [5.41, 5.74) is 5.28. The van der Waals surface area contributed by atoms with Crippen molar-refractivity contribution in [3.63, 3.8) is 0 Å². The van der Waals surface area contributed by atoms with Gasteiger partial charge >= 0.3 is 12.1 Å². The van der Waals surface area contributed by atoms with Crippen LogP contribution in [-0.4, -0.2) is 17.2 Å². The Morgan fingerprint density at radius 1 is 1.21 bits per heavy atom. The summed E-state index contributed by atoms with van der Waals surface area (Å²) < 4.78 is 37.5. The number of aliphatic hydroxyl groups is 1. The summed E-state index contributed by atoms with van der Waals surface area (Å²) >= 11 is 0. The zero-order chi connectivity index (χ0) is 21.8. The van der Waals surface area contributed by atoms with Crippen LogP contribution in [0.5, 0.6) is 0 Å². The molecule has 2 N–H and O–H groups in total. The molecular weight excluding hydrogens is 379 g/mol. The SMILES string of the molecule is CC.CCc1cc(C)ccc1C(O)c1ccc2c(c1)CCC2NC(=O)C(F)(F)F. The molecule has 2 unspecified atom stereocenters. The van der Waals surface area contributed by atoms with Gasteiger partial charge in [0.25, 0.3) is 0 Å². The Balaban J connectivity index is 0.00000145. The number of halogens is 3. The lowest BCUT2D eigenvalue weighted by Gasteiger charge is -2.18. The minimum Gasteiger partial charge on any atom is -0.384 e. The van der Waals surface area contributed by atoms with Gasteiger partial charge in [0.2, 0.25) is 0 Å². The average Bonchev–Trinajstić information content (AvgIpc) is 3.10. The van der Waals surface area contributed by atoms with Crippen LogP contribution in [0.2, 0.25) is 0 Å². The normalized spacial score (nSPS) is 16.5. The molecule has 0 spiro atoms. The summed E-state index contributed by atoms with van der Waals surface area (Å²) in [4.78, 5) is 11.2. The second-order valence-corrected chi connectivity index (χ2v) is 6.98. The third kappa shape index (κ3) is 5.18. The summed E-state index contributed by atoms with van der Waals surface area (Å²) in [5.74, 6) is -1.92. The van der Waals surface area contributed by atoms with E-state index in [1.54, 1.807) is 12.1 Å². The average molecular weight is 407 g/mol. The number of hydrogen-bond acceptors (Lipinski definition) is 2. The fraction of sp³-hybridized carbons (Fsp3) is 0.435. The quantitative estimate of drug-likeness (QED) is 0.720. The van der Waals surface area contributed by atoms with Gasteiger partial charge in [-0.2, -0.15) is 13.2 Å². The molecule has 2 aromatic rings. The van der Waals surface area contributed by atoms with Crippen LogP contribution < -0.4 is 5.32 Å². The van der Waals surface area contributed by atoms with Crippen molar-refractivity contribution in [3.05, 3.63) is 69.8 Å². The van der Waals surface area contributed by atoms with Crippen molar-refractivity contribution in [1.29, 1.82) is 0 Å². The number of carbonyl (C=O) groups is 1. The Hall–Kier alpha value is -2.34. The fourth-order valence-electron chi connectivity index (χ4n) is 3.68. The van der Waals surface area contributed by atoms with Gasteiger partial charge in [0.05, 0.1) is 6.04 Å². The zero-order valence-electron chi connectivity index (χ0n) is 17.2. The van der Waals surface area contributed by atoms with Crippen LogP contribution in [-0.2, 0) is 17.6 Å². The first-order valence-corrected chi connectivity index (χ1v) is 9.98. The third-order valence-electron chi connectivity index (χ3n) is 5.10. The van der Waals surface area contributed by atoms with E-state index in [4.69, 9.17) is 0 Å². The number of benzene rings is 2. The van der Waals surface area contributed by atoms with Gasteiger partial charge in [-0.3, -0.25) is 4.79 Å². The van der Waals surface area contributed by atoms with Crippen LogP contribution in [0.3, 0.4) is 0 Å². The Bertz CT molecular complexity index is 862. The van der Waals surface area contributed by atoms with Crippen LogP contribution in [0.1, 0.15) is 72.7 Å². The van der Waals surface area contributed by atoms with Crippen LogP contribution in [0.25, 0.3) is 0 Å². The van der Waals surface area contributed by atoms with E-state index in [-0.39, 0.29) is 0 Å². The first-order chi connectivity index (χ1) is 13.7. The maximum atomic E-state index is 12.5. The number of nitrogens with one attached hydrogen (secondary N) is 1. The van der Waals surface area contributed by atoms with Crippen LogP contribution in [0.15, 0.2) is 36.4 Å². The maximum Gasteiger partial charge on any atom is 0.471 e. The van der Waals surface area contributed by atoms with Crippen molar-refractivity contribution < 1.29 is 23.1 Å². The molecule has 0 fully saturated rings. The molecule has 0 saturated carbocycles. The van der Waals surface area contributed by atoms with Crippen LogP contribution in [0, 0.1) is 6.92 Å². The van der Waals surface area contributed by atoms with Gasteiger partial charge in [0.1, 0.15) is 6.10 Å². The zero-order valence-corrected chi connectivity index (χ0v) is 17.2. The highest BCUT2D eigenvalue weighted by molar-refractivity contribution is 5.82. The summed E-state index contributed by atoms with van der Waals surface area (Å²) in [6, 6.07) is 10.5. The molecule has 2 atom stereocenters. The number of fused-ring (bicyclic) bond motifs is 1. The number of alkyl halides is 3. The van der Waals surface area contributed by atoms with Gasteiger partial charge in [0.15, 0.2) is 0 Å². The molecule has 29 heavy (non-hydrogen) atoms. The lowest BCUT2D eigenvalue weighted by atomic mass is 9.92. The summed E-state index contributed by atoms with van der Waals surface area (Å²) in [6.07, 6.45) is -3.91. The molecule has 0 aliphatic heterocycles. The Morgan fingerprint density at radius 2 is 1.90 bits per heavy atom. The van der Waals surface area contributed by atoms with Crippen molar-refractivity contribution >= 4 is 5.91 Å². The van der Waals surface area contributed by atoms with E-state index in [1.807, 2.05) is 45.9 Å². The minimum absolute atomic E-state index is 0.418. The highest BCUT2D eigenvalue weighted by Crippen LogP contribution is 2.35. The molecule has 0 aromatic heterocycles. The summed E-state index contributed by atoms with van der Waals surface area (Å²) in [7, 11) is 0. The lowest BCUT2D eigenvalue weighted by Crippen LogP contribution is -2.38. The molecular formula is C23H28F3NO2. The van der Waals surface area contributed by atoms with Gasteiger partial charge < -0.3 is 10.4 Å². The predicted octanol–water partition coefficient (Wildman–Crippen LogP) is 5.33. The molecule has 158 valence electrons. The van der Waals surface area contributed by atoms with Gasteiger partial charge in [-0.15, -0.1) is 0 Å². The van der Waals surface area contributed by atoms with Crippen molar-refractivity contribution in [2.45, 2.75) is 65.3 Å². The van der Waals surface area contributed by atoms with E-state index in [0.29, 0.717) is 24.0 Å². The molecule has 0 radical (unpaired) electrons. The number of carbonyl (C=O) groups excluding carboxylic acids is 1. The highest BCUT2D eigenvalue weighted by atomic mass is 19.4. The molecule has 0 bridgehead atoms. The number of rotatable bonds is 4. The summed E-state index contributed by atoms with van der Waals surface area (Å²) in [5, 5.41) is 12.9. The molecule has 1 aliphatic carbocycles. The number of hydrogen-bond donors (Lipinski definition) is 2. The minimum atomic E-state index is -4.89. The van der Waals surface area contributed by atoms with E-state index >= 15 is 0 Å². The molecule has 0 heterocycles. The number of amides is 1. The molecule has 3 nitrogen and oxygen atoms in total. The van der Waals surface area contributed by atoms with E-state index < -0.39 is 24.2 Å². The number of aliphatic hydroxyl groups excluding tert-OH is 1. The largest absolute Gasteiger partial charge is 0.471 e. The standard InChI is InChI=1S/C21H22F3NO2.C2H6/c1-3-13-10-12(2)4-7-17(13)19(26)15-5-8-16-14(11-15)6-9-18(16)25-20(27)21(22,23)24;1-2/h4-5,7-8,10-11,18-19,26H,3,6,9H2,1-2H3,(H,25,27);1-2H3. The Morgan fingerprint density at radius 3 is 2.52 bits per heavy atom. The van der Waals surface area contributed by atoms with E-state index in [2.05, 4.69) is 11.4 Å². The van der Waals surface area contributed by atoms with Gasteiger partial charge in [0, 0.05) is 0 Å². The molecule has 0 saturated heterocycles. The Kier molecular flexibility index (Phi) is 7.47. The highest BCUT2D eigenvalue weighted by Gasteiger charge is 2.40. The first kappa shape index (κ1) is 22.9. The molecule has 6 heteroatoms. The predicted molar refractivity (Wildman–Crippen MR) is 108 cm³/mol. The Labute approximate surface area is 170 Å². The lowest BCUT2D eigenvalue weighted by molar-refractivity contribution is -0.174. The second-order valence-electron chi connectivity index (χ2n) is 6.98. The van der Waals surface area contributed by atoms with Gasteiger partial charge in [-0.1, -0.05) is 62.7 Å². The monoisotopic (exact) mass is 407 g/mol. The van der Waals surface area contributed by atoms with Crippen LogP contribution in [0.4, 0.5) is 13.2 Å². The second kappa shape index (κ2) is 9.44. The molecule has 3 rings (SSSR count). The topological polar surface area (TPSA) is 49.3 Å². The number of aryl methyl sites for hydroxylation is 3. The van der Waals surface area contributed by atoms with Crippen molar-refractivity contribution in [2.24, 2.45) is 0 Å². The smallest absolute Gasteiger partial charge is 0.384 e. The van der Waals surface area contributed by atoms with E-state index in [9.17, 15) is 23.1 Å². The van der Waals surface area contributed by atoms with Crippen LogP contribution >= 0.6 is 0 Å².